The Morgan fingerprint density at radius 3 is 0.875 bits per heavy atom. The van der Waals surface area contributed by atoms with Gasteiger partial charge in [-0.25, -0.2) is 0 Å². The normalized spacial score (nSPS) is 9.42. The van der Waals surface area contributed by atoms with Gasteiger partial charge in [-0.3, -0.25) is 0 Å². The van der Waals surface area contributed by atoms with E-state index in [1.54, 1.807) is 0 Å². The molecule has 0 fully saturated rings. The van der Waals surface area contributed by atoms with Gasteiger partial charge in [-0.1, -0.05) is 88.4 Å². The van der Waals surface area contributed by atoms with Crippen LogP contribution in [-0.2, 0) is 30.3 Å². The average Bonchev–Trinajstić information content (AvgIpc) is 2.58. The van der Waals surface area contributed by atoms with Crippen LogP contribution >= 0.6 is 38.8 Å². The van der Waals surface area contributed by atoms with Crippen molar-refractivity contribution in [2.24, 2.45) is 0 Å². The first-order valence-corrected chi connectivity index (χ1v) is 16.2. The van der Waals surface area contributed by atoms with E-state index in [1.807, 2.05) is 12.1 Å². The molecule has 0 nitrogen and oxygen atoms in total. The van der Waals surface area contributed by atoms with E-state index in [1.165, 1.54) is 11.1 Å². The molecule has 0 N–H and O–H groups in total. The molecule has 2 aromatic rings. The predicted molar refractivity (Wildman–Crippen MR) is 104 cm³/mol. The van der Waals surface area contributed by atoms with E-state index >= 15 is 0 Å². The van der Waals surface area contributed by atoms with Crippen LogP contribution in [0.1, 0.15) is 50.7 Å². The molecule has 0 unspecified atom stereocenters. The second-order valence-corrected chi connectivity index (χ2v) is 10.5. The first-order chi connectivity index (χ1) is 11.4. The van der Waals surface area contributed by atoms with Gasteiger partial charge < -0.3 is 0 Å². The molecule has 0 radical (unpaired) electrons. The quantitative estimate of drug-likeness (QED) is 0.311. The zero-order valence-corrected chi connectivity index (χ0v) is 20.6. The molecule has 0 spiro atoms. The molecule has 0 bridgehead atoms. The van der Waals surface area contributed by atoms with Crippen LogP contribution in [0.3, 0.4) is 0 Å². The topological polar surface area (TPSA) is 0 Å². The molecule has 0 saturated heterocycles. The summed E-state index contributed by atoms with van der Waals surface area (Å²) in [5.74, 6) is 1.32. The fourth-order valence-corrected chi connectivity index (χ4v) is 1.68. The second kappa shape index (κ2) is 20.2. The van der Waals surface area contributed by atoms with Gasteiger partial charge in [0.1, 0.15) is 0 Å². The minimum absolute atomic E-state index is 0.346. The van der Waals surface area contributed by atoms with Crippen LogP contribution in [0.25, 0.3) is 0 Å². The molecule has 0 atom stereocenters. The third kappa shape index (κ3) is 17.7. The van der Waals surface area contributed by atoms with Gasteiger partial charge in [0.15, 0.2) is 0 Å². The van der Waals surface area contributed by atoms with E-state index < -0.39 is 0 Å². The SMILES string of the molecule is CC(C)c1ccccc1.CC(C)c1ccccc1.[Cl][Ru][Cl].[Cl][Ru][Cl]. The number of hydrogen-bond donors (Lipinski definition) is 0. The predicted octanol–water partition coefficient (Wildman–Crippen LogP) is 8.37. The molecule has 0 saturated carbocycles. The van der Waals surface area contributed by atoms with Crippen LogP contribution in [0, 0.1) is 0 Å². The molecule has 140 valence electrons. The standard InChI is InChI=1S/2C9H12.4ClH.2Ru/c2*1-8(2)9-6-4-3-5-7-9;;;;;;/h2*3-8H,1-2H3;4*1H;;/q;;;;;;2*+2/p-4. The number of hydrogen-bond acceptors (Lipinski definition) is 0. The van der Waals surface area contributed by atoms with Gasteiger partial charge in [0.05, 0.1) is 0 Å². The third-order valence-electron chi connectivity index (χ3n) is 2.93. The maximum absolute atomic E-state index is 4.85. The Morgan fingerprint density at radius 1 is 0.542 bits per heavy atom. The van der Waals surface area contributed by atoms with Crippen molar-refractivity contribution in [3.63, 3.8) is 0 Å². The van der Waals surface area contributed by atoms with Gasteiger partial charge in [-0.15, -0.1) is 0 Å². The fraction of sp³-hybridized carbons (Fsp3) is 0.333. The molecule has 0 amide bonds. The van der Waals surface area contributed by atoms with Crippen LogP contribution in [0.4, 0.5) is 0 Å². The van der Waals surface area contributed by atoms with Crippen molar-refractivity contribution in [2.75, 3.05) is 0 Å². The summed E-state index contributed by atoms with van der Waals surface area (Å²) in [6.07, 6.45) is 0. The number of rotatable bonds is 2. The molecule has 0 aliphatic rings. The number of benzene rings is 2. The Bertz CT molecular complexity index is 419. The van der Waals surface area contributed by atoms with Crippen molar-refractivity contribution in [1.29, 1.82) is 0 Å². The first-order valence-electron chi connectivity index (χ1n) is 7.24. The van der Waals surface area contributed by atoms with E-state index in [-0.39, 0.29) is 30.3 Å². The average molecular weight is 584 g/mol. The van der Waals surface area contributed by atoms with E-state index in [9.17, 15) is 0 Å². The minimum atomic E-state index is -0.346. The molecule has 2 aromatic carbocycles. The molecule has 0 heterocycles. The Labute approximate surface area is 179 Å². The van der Waals surface area contributed by atoms with E-state index in [0.29, 0.717) is 11.8 Å². The van der Waals surface area contributed by atoms with Crippen molar-refractivity contribution < 1.29 is 30.3 Å². The Hall–Kier alpha value is 0.847. The molecule has 0 aliphatic carbocycles. The molecular formula is C18H24Cl4Ru2. The third-order valence-corrected chi connectivity index (χ3v) is 2.93. The molecule has 0 aromatic heterocycles. The van der Waals surface area contributed by atoms with E-state index in [4.69, 9.17) is 38.8 Å². The van der Waals surface area contributed by atoms with Gasteiger partial charge >= 0.3 is 69.1 Å². The van der Waals surface area contributed by atoms with Gasteiger partial charge in [-0.05, 0) is 23.0 Å². The zero-order chi connectivity index (χ0) is 18.8. The van der Waals surface area contributed by atoms with Gasteiger partial charge in [-0.2, -0.15) is 0 Å². The summed E-state index contributed by atoms with van der Waals surface area (Å²) in [5.41, 5.74) is 2.83. The van der Waals surface area contributed by atoms with E-state index in [0.717, 1.165) is 0 Å². The summed E-state index contributed by atoms with van der Waals surface area (Å²) in [6.45, 7) is 8.81. The first kappa shape index (κ1) is 27.1. The monoisotopic (exact) mass is 584 g/mol. The molecule has 6 heteroatoms. The Morgan fingerprint density at radius 2 is 0.750 bits per heavy atom. The molecule has 2 rings (SSSR count). The van der Waals surface area contributed by atoms with Crippen LogP contribution in [0.5, 0.6) is 0 Å². The summed E-state index contributed by atoms with van der Waals surface area (Å²) in [6, 6.07) is 21.0. The number of halogens is 4. The zero-order valence-electron chi connectivity index (χ0n) is 14.1. The second-order valence-electron chi connectivity index (χ2n) is 5.23. The van der Waals surface area contributed by atoms with Crippen molar-refractivity contribution in [2.45, 2.75) is 39.5 Å². The fourth-order valence-electron chi connectivity index (χ4n) is 1.68. The van der Waals surface area contributed by atoms with Gasteiger partial charge in [0.25, 0.3) is 0 Å². The van der Waals surface area contributed by atoms with Gasteiger partial charge in [0.2, 0.25) is 0 Å². The van der Waals surface area contributed by atoms with Crippen LogP contribution in [-0.4, -0.2) is 0 Å². The summed E-state index contributed by atoms with van der Waals surface area (Å²) in [5, 5.41) is 0. The maximum atomic E-state index is 4.85. The van der Waals surface area contributed by atoms with Crippen LogP contribution in [0.15, 0.2) is 60.7 Å². The summed E-state index contributed by atoms with van der Waals surface area (Å²) < 4.78 is 0. The summed E-state index contributed by atoms with van der Waals surface area (Å²) >= 11 is -0.691. The summed E-state index contributed by atoms with van der Waals surface area (Å²) in [7, 11) is 19.4. The Kier molecular flexibility index (Phi) is 22.7. The van der Waals surface area contributed by atoms with Crippen LogP contribution in [0.2, 0.25) is 0 Å². The van der Waals surface area contributed by atoms with E-state index in [2.05, 4.69) is 76.2 Å². The van der Waals surface area contributed by atoms with Crippen molar-refractivity contribution >= 4 is 38.8 Å². The van der Waals surface area contributed by atoms with Gasteiger partial charge in [0, 0.05) is 0 Å². The van der Waals surface area contributed by atoms with Crippen molar-refractivity contribution in [1.82, 2.24) is 0 Å². The Balaban J connectivity index is 0. The van der Waals surface area contributed by atoms with Crippen molar-refractivity contribution in [3.05, 3.63) is 71.8 Å². The van der Waals surface area contributed by atoms with Crippen molar-refractivity contribution in [3.8, 4) is 0 Å². The molecular weight excluding hydrogens is 560 g/mol. The molecule has 24 heavy (non-hydrogen) atoms. The molecule has 0 aliphatic heterocycles. The summed E-state index contributed by atoms with van der Waals surface area (Å²) in [4.78, 5) is 0. The van der Waals surface area contributed by atoms with Crippen LogP contribution < -0.4 is 0 Å².